The van der Waals surface area contributed by atoms with Gasteiger partial charge in [0.2, 0.25) is 5.91 Å². The summed E-state index contributed by atoms with van der Waals surface area (Å²) in [6.45, 7) is 7.43. The number of nitrogens with zero attached hydrogens (tertiary/aromatic N) is 3. The van der Waals surface area contributed by atoms with Crippen LogP contribution in [0.3, 0.4) is 0 Å². The van der Waals surface area contributed by atoms with Crippen molar-refractivity contribution in [3.63, 3.8) is 0 Å². The summed E-state index contributed by atoms with van der Waals surface area (Å²) in [5.41, 5.74) is 1.96. The summed E-state index contributed by atoms with van der Waals surface area (Å²) in [7, 11) is 0. The van der Waals surface area contributed by atoms with E-state index in [2.05, 4.69) is 41.0 Å². The summed E-state index contributed by atoms with van der Waals surface area (Å²) in [5.74, 6) is 0.227. The second-order valence-electron chi connectivity index (χ2n) is 5.29. The maximum absolute atomic E-state index is 12.0. The normalized spacial score (nSPS) is 10.6. The number of hydrogen-bond acceptors (Lipinski definition) is 5. The van der Waals surface area contributed by atoms with Crippen molar-refractivity contribution in [1.29, 1.82) is 0 Å². The number of amides is 1. The predicted molar refractivity (Wildman–Crippen MR) is 96.0 cm³/mol. The first-order chi connectivity index (χ1) is 11.1. The molecule has 1 amide bonds. The highest BCUT2D eigenvalue weighted by molar-refractivity contribution is 7.99. The summed E-state index contributed by atoms with van der Waals surface area (Å²) >= 11 is 1.32. The van der Waals surface area contributed by atoms with Crippen LogP contribution in [-0.2, 0) is 4.79 Å². The van der Waals surface area contributed by atoms with E-state index in [-0.39, 0.29) is 5.91 Å². The number of thioether (sulfide) groups is 1. The highest BCUT2D eigenvalue weighted by Crippen LogP contribution is 2.20. The molecule has 122 valence electrons. The molecule has 0 atom stereocenters. The minimum Gasteiger partial charge on any atom is -0.369 e. The Bertz CT molecular complexity index is 616. The van der Waals surface area contributed by atoms with Gasteiger partial charge in [-0.3, -0.25) is 4.79 Å². The molecule has 0 fully saturated rings. The molecule has 1 heterocycles. The smallest absolute Gasteiger partial charge is 0.234 e. The molecule has 0 saturated carbocycles. The molecule has 0 unspecified atom stereocenters. The first-order valence-electron chi connectivity index (χ1n) is 7.66. The molecule has 0 spiro atoms. The van der Waals surface area contributed by atoms with Crippen molar-refractivity contribution >= 4 is 29.0 Å². The van der Waals surface area contributed by atoms with Gasteiger partial charge in [-0.15, -0.1) is 0 Å². The third-order valence-electron chi connectivity index (χ3n) is 3.32. The summed E-state index contributed by atoms with van der Waals surface area (Å²) in [6.07, 6.45) is 3.33. The predicted octanol–water partition coefficient (Wildman–Crippen LogP) is 3.44. The Balaban J connectivity index is 1.89. The first kappa shape index (κ1) is 17.3. The topological polar surface area (TPSA) is 58.1 Å². The molecule has 1 N–H and O–H groups in total. The molecule has 1 aromatic heterocycles. The zero-order valence-corrected chi connectivity index (χ0v) is 14.5. The lowest BCUT2D eigenvalue weighted by Gasteiger charge is -2.27. The second-order valence-corrected chi connectivity index (χ2v) is 6.24. The van der Waals surface area contributed by atoms with Crippen LogP contribution in [0.15, 0.2) is 47.9 Å². The van der Waals surface area contributed by atoms with Crippen LogP contribution in [0, 0.1) is 0 Å². The van der Waals surface area contributed by atoms with Crippen molar-refractivity contribution in [3.05, 3.63) is 42.7 Å². The summed E-state index contributed by atoms with van der Waals surface area (Å²) in [6, 6.07) is 10.1. The van der Waals surface area contributed by atoms with Crippen LogP contribution in [0.2, 0.25) is 0 Å². The van der Waals surface area contributed by atoms with Crippen molar-refractivity contribution in [1.82, 2.24) is 9.97 Å². The summed E-state index contributed by atoms with van der Waals surface area (Å²) in [4.78, 5) is 22.4. The Morgan fingerprint density at radius 1 is 1.22 bits per heavy atom. The maximum atomic E-state index is 12.0. The van der Waals surface area contributed by atoms with E-state index in [9.17, 15) is 4.79 Å². The summed E-state index contributed by atoms with van der Waals surface area (Å²) in [5, 5.41) is 3.50. The van der Waals surface area contributed by atoms with Gasteiger partial charge in [0.1, 0.15) is 0 Å². The number of benzene rings is 1. The number of nitrogens with one attached hydrogen (secondary N) is 1. The van der Waals surface area contributed by atoms with Crippen molar-refractivity contribution in [2.45, 2.75) is 32.0 Å². The number of carbonyl (C=O) groups excluding carboxylic acids is 1. The zero-order chi connectivity index (χ0) is 16.7. The van der Waals surface area contributed by atoms with Crippen molar-refractivity contribution < 1.29 is 4.79 Å². The van der Waals surface area contributed by atoms with E-state index in [1.54, 1.807) is 18.5 Å². The fourth-order valence-electron chi connectivity index (χ4n) is 2.27. The van der Waals surface area contributed by atoms with Crippen LogP contribution >= 0.6 is 11.8 Å². The van der Waals surface area contributed by atoms with Crippen LogP contribution in [0.25, 0.3) is 0 Å². The fraction of sp³-hybridized carbons (Fsp3) is 0.353. The Morgan fingerprint density at radius 2 is 1.87 bits per heavy atom. The van der Waals surface area contributed by atoms with Crippen LogP contribution in [-0.4, -0.2) is 34.2 Å². The van der Waals surface area contributed by atoms with Gasteiger partial charge in [0.15, 0.2) is 5.16 Å². The standard InChI is InChI=1S/C17H22N4OS/c1-4-21(13(2)3)15-8-6-14(7-9-15)20-16(22)12-23-17-18-10-5-11-19-17/h5-11,13H,4,12H2,1-3H3,(H,20,22). The minimum absolute atomic E-state index is 0.0635. The molecule has 0 aliphatic heterocycles. The molecule has 6 heteroatoms. The van der Waals surface area contributed by atoms with Gasteiger partial charge in [-0.05, 0) is 51.1 Å². The van der Waals surface area contributed by atoms with E-state index in [0.717, 1.165) is 17.9 Å². The number of anilines is 2. The second kappa shape index (κ2) is 8.53. The lowest BCUT2D eigenvalue weighted by Crippen LogP contribution is -2.30. The third kappa shape index (κ3) is 5.25. The Kier molecular flexibility index (Phi) is 6.40. The molecule has 0 saturated heterocycles. The van der Waals surface area contributed by atoms with Crippen molar-refractivity contribution in [2.75, 3.05) is 22.5 Å². The van der Waals surface area contributed by atoms with E-state index in [0.29, 0.717) is 17.0 Å². The number of aromatic nitrogens is 2. The monoisotopic (exact) mass is 330 g/mol. The molecule has 5 nitrogen and oxygen atoms in total. The number of carbonyl (C=O) groups is 1. The molecular formula is C17H22N4OS. The average molecular weight is 330 g/mol. The number of rotatable bonds is 7. The fourth-order valence-corrected chi connectivity index (χ4v) is 2.87. The summed E-state index contributed by atoms with van der Waals surface area (Å²) < 4.78 is 0. The molecule has 2 rings (SSSR count). The molecule has 0 aliphatic rings. The van der Waals surface area contributed by atoms with Gasteiger partial charge in [-0.2, -0.15) is 0 Å². The number of hydrogen-bond donors (Lipinski definition) is 1. The van der Waals surface area contributed by atoms with Gasteiger partial charge in [0.05, 0.1) is 5.75 Å². The molecule has 0 bridgehead atoms. The van der Waals surface area contributed by atoms with Gasteiger partial charge in [-0.25, -0.2) is 9.97 Å². The maximum Gasteiger partial charge on any atom is 0.234 e. The quantitative estimate of drug-likeness (QED) is 0.622. The average Bonchev–Trinajstić information content (AvgIpc) is 2.56. The Labute approximate surface area is 141 Å². The third-order valence-corrected chi connectivity index (χ3v) is 4.20. The highest BCUT2D eigenvalue weighted by atomic mass is 32.2. The SMILES string of the molecule is CCN(c1ccc(NC(=O)CSc2ncccn2)cc1)C(C)C. The van der Waals surface area contributed by atoms with Gasteiger partial charge < -0.3 is 10.2 Å². The molecule has 1 aromatic carbocycles. The van der Waals surface area contributed by atoms with Gasteiger partial charge >= 0.3 is 0 Å². The van der Waals surface area contributed by atoms with Gasteiger partial charge in [-0.1, -0.05) is 11.8 Å². The van der Waals surface area contributed by atoms with Gasteiger partial charge in [0, 0.05) is 36.4 Å². The molecule has 0 aliphatic carbocycles. The van der Waals surface area contributed by atoms with Crippen LogP contribution < -0.4 is 10.2 Å². The Hall–Kier alpha value is -2.08. The minimum atomic E-state index is -0.0635. The molecule has 23 heavy (non-hydrogen) atoms. The van der Waals surface area contributed by atoms with E-state index < -0.39 is 0 Å². The highest BCUT2D eigenvalue weighted by Gasteiger charge is 2.09. The lowest BCUT2D eigenvalue weighted by atomic mass is 10.2. The molecule has 0 radical (unpaired) electrons. The van der Waals surface area contributed by atoms with Crippen LogP contribution in [0.4, 0.5) is 11.4 Å². The van der Waals surface area contributed by atoms with Crippen molar-refractivity contribution in [3.8, 4) is 0 Å². The molecular weight excluding hydrogens is 308 g/mol. The van der Waals surface area contributed by atoms with Crippen LogP contribution in [0.5, 0.6) is 0 Å². The van der Waals surface area contributed by atoms with Gasteiger partial charge in [0.25, 0.3) is 0 Å². The van der Waals surface area contributed by atoms with E-state index in [4.69, 9.17) is 0 Å². The van der Waals surface area contributed by atoms with Crippen LogP contribution in [0.1, 0.15) is 20.8 Å². The largest absolute Gasteiger partial charge is 0.369 e. The van der Waals surface area contributed by atoms with Crippen molar-refractivity contribution in [2.24, 2.45) is 0 Å². The van der Waals surface area contributed by atoms with E-state index in [1.807, 2.05) is 24.3 Å². The Morgan fingerprint density at radius 3 is 2.43 bits per heavy atom. The zero-order valence-electron chi connectivity index (χ0n) is 13.7. The molecule has 2 aromatic rings. The lowest BCUT2D eigenvalue weighted by molar-refractivity contribution is -0.113. The van der Waals surface area contributed by atoms with E-state index in [1.165, 1.54) is 11.8 Å². The first-order valence-corrected chi connectivity index (χ1v) is 8.65. The van der Waals surface area contributed by atoms with E-state index >= 15 is 0 Å².